The van der Waals surface area contributed by atoms with Gasteiger partial charge in [-0.15, -0.1) is 0 Å². The van der Waals surface area contributed by atoms with Gasteiger partial charge in [0.1, 0.15) is 0 Å². The molecule has 5 heteroatoms. The van der Waals surface area contributed by atoms with Crippen LogP contribution in [0, 0.1) is 5.92 Å². The van der Waals surface area contributed by atoms with E-state index in [1.54, 1.807) is 0 Å². The van der Waals surface area contributed by atoms with E-state index >= 15 is 0 Å². The smallest absolute Gasteiger partial charge is 0.338 e. The first-order chi connectivity index (χ1) is 6.99. The van der Waals surface area contributed by atoms with Crippen LogP contribution in [0.2, 0.25) is 0 Å². The minimum absolute atomic E-state index is 0.0527. The van der Waals surface area contributed by atoms with Crippen molar-refractivity contribution < 1.29 is 14.6 Å². The lowest BCUT2D eigenvalue weighted by Crippen LogP contribution is -2.13. The van der Waals surface area contributed by atoms with Crippen LogP contribution in [0.5, 0.6) is 5.88 Å². The summed E-state index contributed by atoms with van der Waals surface area (Å²) < 4.78 is 4.90. The number of carbonyl (C=O) groups is 1. The predicted octanol–water partition coefficient (Wildman–Crippen LogP) is 0.893. The molecule has 0 bridgehead atoms. The third-order valence-electron chi connectivity index (χ3n) is 1.61. The molecule has 1 heterocycles. The summed E-state index contributed by atoms with van der Waals surface area (Å²) in [5.41, 5.74) is -0.483. The fourth-order valence-electron chi connectivity index (χ4n) is 0.972. The average Bonchev–Trinajstić information content (AvgIpc) is 2.12. The van der Waals surface area contributed by atoms with Crippen LogP contribution in [-0.4, -0.2) is 22.7 Å². The van der Waals surface area contributed by atoms with Crippen LogP contribution in [0.1, 0.15) is 24.2 Å². The van der Waals surface area contributed by atoms with Gasteiger partial charge in [-0.1, -0.05) is 13.8 Å². The third-order valence-corrected chi connectivity index (χ3v) is 1.61. The van der Waals surface area contributed by atoms with E-state index in [1.165, 1.54) is 0 Å². The molecule has 0 aliphatic heterocycles. The molecule has 0 fully saturated rings. The summed E-state index contributed by atoms with van der Waals surface area (Å²) >= 11 is 0. The summed E-state index contributed by atoms with van der Waals surface area (Å²) in [6.07, 6.45) is 0. The first-order valence-electron chi connectivity index (χ1n) is 4.59. The lowest BCUT2D eigenvalue weighted by Gasteiger charge is -2.06. The molecule has 0 unspecified atom stereocenters. The van der Waals surface area contributed by atoms with Gasteiger partial charge in [-0.05, 0) is 5.92 Å². The number of carbonyl (C=O) groups excluding carboxylic acids is 1. The standard InChI is InChI=1S/C10H13NO4/c1-6(2)5-15-10(14)7-3-8(12)11-9(13)4-7/h3-4,6H,5H2,1-2H3,(H2,11,12,13). The fourth-order valence-corrected chi connectivity index (χ4v) is 0.972. The molecule has 15 heavy (non-hydrogen) atoms. The van der Waals surface area contributed by atoms with Gasteiger partial charge >= 0.3 is 5.97 Å². The van der Waals surface area contributed by atoms with Crippen molar-refractivity contribution in [2.75, 3.05) is 6.61 Å². The normalized spacial score (nSPS) is 10.3. The zero-order valence-corrected chi connectivity index (χ0v) is 8.61. The van der Waals surface area contributed by atoms with E-state index in [0.29, 0.717) is 0 Å². The minimum Gasteiger partial charge on any atom is -0.494 e. The van der Waals surface area contributed by atoms with E-state index in [-0.39, 0.29) is 24.0 Å². The number of ether oxygens (including phenoxy) is 1. The Balaban J connectivity index is 2.78. The molecule has 0 amide bonds. The van der Waals surface area contributed by atoms with E-state index in [1.807, 2.05) is 13.8 Å². The largest absolute Gasteiger partial charge is 0.494 e. The van der Waals surface area contributed by atoms with Gasteiger partial charge in [0.2, 0.25) is 0 Å². The van der Waals surface area contributed by atoms with E-state index < -0.39 is 11.5 Å². The van der Waals surface area contributed by atoms with Crippen LogP contribution in [0.25, 0.3) is 0 Å². The second-order valence-corrected chi connectivity index (χ2v) is 3.61. The van der Waals surface area contributed by atoms with Crippen LogP contribution in [-0.2, 0) is 4.74 Å². The number of H-pyrrole nitrogens is 1. The number of esters is 1. The lowest BCUT2D eigenvalue weighted by atomic mass is 10.2. The van der Waals surface area contributed by atoms with Crippen molar-refractivity contribution in [3.8, 4) is 5.88 Å². The zero-order chi connectivity index (χ0) is 11.4. The van der Waals surface area contributed by atoms with Gasteiger partial charge < -0.3 is 9.84 Å². The highest BCUT2D eigenvalue weighted by atomic mass is 16.5. The molecule has 0 atom stereocenters. The summed E-state index contributed by atoms with van der Waals surface area (Å²) in [4.78, 5) is 24.4. The lowest BCUT2D eigenvalue weighted by molar-refractivity contribution is 0.0458. The van der Waals surface area contributed by atoms with Crippen LogP contribution < -0.4 is 5.56 Å². The van der Waals surface area contributed by atoms with Crippen molar-refractivity contribution in [3.05, 3.63) is 28.0 Å². The van der Waals surface area contributed by atoms with Crippen LogP contribution >= 0.6 is 0 Å². The summed E-state index contributed by atoms with van der Waals surface area (Å²) in [7, 11) is 0. The molecule has 0 aliphatic rings. The van der Waals surface area contributed by atoms with Gasteiger partial charge in [0.25, 0.3) is 5.56 Å². The Morgan fingerprint density at radius 2 is 2.20 bits per heavy atom. The summed E-state index contributed by atoms with van der Waals surface area (Å²) in [5.74, 6) is -0.728. The number of aromatic hydroxyl groups is 1. The molecule has 0 saturated carbocycles. The number of hydrogen-bond donors (Lipinski definition) is 2. The SMILES string of the molecule is CC(C)COC(=O)c1cc(O)[nH]c(=O)c1. The maximum absolute atomic E-state index is 11.4. The van der Waals surface area contributed by atoms with Crippen LogP contribution in [0.15, 0.2) is 16.9 Å². The molecule has 0 saturated heterocycles. The Morgan fingerprint density at radius 1 is 1.53 bits per heavy atom. The molecule has 0 aliphatic carbocycles. The van der Waals surface area contributed by atoms with Crippen molar-refractivity contribution in [1.82, 2.24) is 4.98 Å². The van der Waals surface area contributed by atoms with Gasteiger partial charge in [-0.2, -0.15) is 0 Å². The van der Waals surface area contributed by atoms with Gasteiger partial charge in [0, 0.05) is 12.1 Å². The molecule has 2 N–H and O–H groups in total. The van der Waals surface area contributed by atoms with Gasteiger partial charge in [0.05, 0.1) is 12.2 Å². The monoisotopic (exact) mass is 211 g/mol. The van der Waals surface area contributed by atoms with E-state index in [4.69, 9.17) is 9.84 Å². The molecular formula is C10H13NO4. The number of pyridine rings is 1. The van der Waals surface area contributed by atoms with E-state index in [2.05, 4.69) is 4.98 Å². The average molecular weight is 211 g/mol. The second-order valence-electron chi connectivity index (χ2n) is 3.61. The predicted molar refractivity (Wildman–Crippen MR) is 53.8 cm³/mol. The molecule has 1 aromatic rings. The van der Waals surface area contributed by atoms with Gasteiger partial charge in [-0.3, -0.25) is 9.78 Å². The van der Waals surface area contributed by atoms with E-state index in [9.17, 15) is 9.59 Å². The first-order valence-corrected chi connectivity index (χ1v) is 4.59. The molecule has 5 nitrogen and oxygen atoms in total. The maximum atomic E-state index is 11.4. The van der Waals surface area contributed by atoms with Crippen LogP contribution in [0.4, 0.5) is 0 Å². The fraction of sp³-hybridized carbons (Fsp3) is 0.400. The topological polar surface area (TPSA) is 79.4 Å². The van der Waals surface area contributed by atoms with Gasteiger partial charge in [-0.25, -0.2) is 4.79 Å². The molecular weight excluding hydrogens is 198 g/mol. The second kappa shape index (κ2) is 4.63. The highest BCUT2D eigenvalue weighted by Crippen LogP contribution is 2.06. The van der Waals surface area contributed by atoms with Crippen LogP contribution in [0.3, 0.4) is 0 Å². The highest BCUT2D eigenvalue weighted by Gasteiger charge is 2.10. The first kappa shape index (κ1) is 11.3. The zero-order valence-electron chi connectivity index (χ0n) is 8.61. The highest BCUT2D eigenvalue weighted by molar-refractivity contribution is 5.89. The molecule has 0 aromatic carbocycles. The number of hydrogen-bond acceptors (Lipinski definition) is 4. The number of aromatic amines is 1. The minimum atomic E-state index is -0.606. The van der Waals surface area contributed by atoms with Crippen molar-refractivity contribution in [2.45, 2.75) is 13.8 Å². The van der Waals surface area contributed by atoms with Crippen molar-refractivity contribution in [3.63, 3.8) is 0 Å². The summed E-state index contributed by atoms with van der Waals surface area (Å²) in [6.45, 7) is 4.09. The molecule has 1 aromatic heterocycles. The van der Waals surface area contributed by atoms with Crippen molar-refractivity contribution >= 4 is 5.97 Å². The molecule has 1 rings (SSSR count). The maximum Gasteiger partial charge on any atom is 0.338 e. The Labute approximate surface area is 86.7 Å². The Bertz CT molecular complexity index is 408. The molecule has 0 spiro atoms. The Morgan fingerprint density at radius 3 is 2.73 bits per heavy atom. The van der Waals surface area contributed by atoms with Crippen molar-refractivity contribution in [1.29, 1.82) is 0 Å². The Hall–Kier alpha value is -1.78. The van der Waals surface area contributed by atoms with Gasteiger partial charge in [0.15, 0.2) is 5.88 Å². The number of aromatic nitrogens is 1. The molecule has 0 radical (unpaired) electrons. The number of rotatable bonds is 3. The quantitative estimate of drug-likeness (QED) is 0.728. The summed E-state index contributed by atoms with van der Waals surface area (Å²) in [5, 5.41) is 9.06. The number of nitrogens with one attached hydrogen (secondary N) is 1. The Kier molecular flexibility index (Phi) is 3.49. The molecule has 82 valence electrons. The third kappa shape index (κ3) is 3.46. The van der Waals surface area contributed by atoms with E-state index in [0.717, 1.165) is 12.1 Å². The van der Waals surface area contributed by atoms with Crippen molar-refractivity contribution in [2.24, 2.45) is 5.92 Å². The summed E-state index contributed by atoms with van der Waals surface area (Å²) in [6, 6.07) is 2.24.